The summed E-state index contributed by atoms with van der Waals surface area (Å²) in [4.78, 5) is 13.1. The van der Waals surface area contributed by atoms with Gasteiger partial charge in [0, 0.05) is 0 Å². The average Bonchev–Trinajstić information content (AvgIpc) is 3.25. The number of methoxy groups -OCH3 is 1. The summed E-state index contributed by atoms with van der Waals surface area (Å²) >= 11 is 2.77. The van der Waals surface area contributed by atoms with Crippen molar-refractivity contribution in [2.75, 3.05) is 29.0 Å². The zero-order chi connectivity index (χ0) is 23.6. The Labute approximate surface area is 200 Å². The van der Waals surface area contributed by atoms with Crippen molar-refractivity contribution >= 4 is 49.8 Å². The summed E-state index contributed by atoms with van der Waals surface area (Å²) in [6.07, 6.45) is -1.07. The molecule has 2 aromatic carbocycles. The number of hydrogen-bond donors (Lipinski definition) is 1. The highest BCUT2D eigenvalue weighted by atomic mass is 32.2. The van der Waals surface area contributed by atoms with Crippen molar-refractivity contribution in [3.8, 4) is 11.5 Å². The predicted molar refractivity (Wildman–Crippen MR) is 128 cm³/mol. The summed E-state index contributed by atoms with van der Waals surface area (Å²) in [6, 6.07) is 11.3. The van der Waals surface area contributed by atoms with E-state index in [2.05, 4.69) is 15.5 Å². The Morgan fingerprint density at radius 1 is 1.27 bits per heavy atom. The number of ether oxygens (including phenoxy) is 2. The monoisotopic (exact) mass is 506 g/mol. The quantitative estimate of drug-likeness (QED) is 0.383. The topological polar surface area (TPSA) is 111 Å². The van der Waals surface area contributed by atoms with Crippen LogP contribution in [-0.4, -0.2) is 50.0 Å². The molecule has 1 aromatic heterocycles. The maximum Gasteiger partial charge on any atom is 0.269 e. The zero-order valence-corrected chi connectivity index (χ0v) is 20.6. The van der Waals surface area contributed by atoms with Gasteiger partial charge in [-0.1, -0.05) is 36.1 Å². The number of nitrogens with zero attached hydrogens (tertiary/aromatic N) is 3. The van der Waals surface area contributed by atoms with Gasteiger partial charge in [0.15, 0.2) is 10.4 Å². The first-order chi connectivity index (χ1) is 15.8. The second-order valence-electron chi connectivity index (χ2n) is 7.08. The number of hydrogen-bond acceptors (Lipinski definition) is 9. The number of fused-ring (bicyclic) bond motifs is 1. The molecular weight excluding hydrogens is 484 g/mol. The number of carbonyl (C=O) groups excluding carboxylic acids is 1. The second-order valence-corrected chi connectivity index (χ2v) is 11.4. The van der Waals surface area contributed by atoms with Crippen LogP contribution in [-0.2, 0) is 14.8 Å². The van der Waals surface area contributed by atoms with E-state index in [0.29, 0.717) is 22.3 Å². The van der Waals surface area contributed by atoms with E-state index in [1.165, 1.54) is 46.6 Å². The standard InChI is InChI=1S/C21H22N4O5S3/c1-4-31-21-24-23-20(32-21)22-19(26)18-12-25(16-10-5-13(2)11-17(16)30-18)33(27,28)15-8-6-14(29-3)7-9-15/h5-11,18H,4,12H2,1-3H3,(H,22,23,26)/t18-/m0/s1. The first kappa shape index (κ1) is 23.3. The van der Waals surface area contributed by atoms with Crippen LogP contribution >= 0.6 is 23.1 Å². The van der Waals surface area contributed by atoms with Crippen molar-refractivity contribution in [1.82, 2.24) is 10.2 Å². The number of aromatic nitrogens is 2. The molecule has 33 heavy (non-hydrogen) atoms. The van der Waals surface area contributed by atoms with E-state index >= 15 is 0 Å². The minimum atomic E-state index is -3.97. The number of sulfonamides is 1. The molecule has 2 heterocycles. The van der Waals surface area contributed by atoms with Gasteiger partial charge in [0.2, 0.25) is 5.13 Å². The third kappa shape index (κ3) is 4.92. The van der Waals surface area contributed by atoms with Gasteiger partial charge in [0.25, 0.3) is 15.9 Å². The smallest absolute Gasteiger partial charge is 0.269 e. The van der Waals surface area contributed by atoms with E-state index in [0.717, 1.165) is 15.7 Å². The average molecular weight is 507 g/mol. The van der Waals surface area contributed by atoms with Crippen LogP contribution in [0.1, 0.15) is 12.5 Å². The molecule has 0 aliphatic carbocycles. The molecule has 1 aliphatic heterocycles. The van der Waals surface area contributed by atoms with E-state index in [9.17, 15) is 13.2 Å². The SMILES string of the molecule is CCSc1nnc(NC(=O)[C@@H]2CN(S(=O)(=O)c3ccc(OC)cc3)c3ccc(C)cc3O2)s1. The fourth-order valence-electron chi connectivity index (χ4n) is 3.23. The molecule has 0 saturated heterocycles. The molecule has 0 saturated carbocycles. The number of anilines is 2. The molecular formula is C21H22N4O5S3. The third-order valence-electron chi connectivity index (χ3n) is 4.83. The molecule has 1 atom stereocenters. The fraction of sp³-hybridized carbons (Fsp3) is 0.286. The highest BCUT2D eigenvalue weighted by molar-refractivity contribution is 8.01. The Balaban J connectivity index is 1.64. The lowest BCUT2D eigenvalue weighted by molar-refractivity contribution is -0.122. The second kappa shape index (κ2) is 9.57. The molecule has 1 N–H and O–H groups in total. The fourth-order valence-corrected chi connectivity index (χ4v) is 6.36. The minimum Gasteiger partial charge on any atom is -0.497 e. The van der Waals surface area contributed by atoms with Crippen LogP contribution in [0.4, 0.5) is 10.8 Å². The van der Waals surface area contributed by atoms with Crippen molar-refractivity contribution in [1.29, 1.82) is 0 Å². The molecule has 9 nitrogen and oxygen atoms in total. The first-order valence-electron chi connectivity index (χ1n) is 10.0. The van der Waals surface area contributed by atoms with Crippen LogP contribution in [0.3, 0.4) is 0 Å². The number of amides is 1. The Kier molecular flexibility index (Phi) is 6.77. The Morgan fingerprint density at radius 2 is 2.03 bits per heavy atom. The third-order valence-corrected chi connectivity index (χ3v) is 8.48. The number of aryl methyl sites for hydroxylation is 1. The van der Waals surface area contributed by atoms with Gasteiger partial charge in [-0.25, -0.2) is 8.42 Å². The maximum absolute atomic E-state index is 13.5. The number of carbonyl (C=O) groups is 1. The molecule has 3 aromatic rings. The van der Waals surface area contributed by atoms with Gasteiger partial charge < -0.3 is 9.47 Å². The highest BCUT2D eigenvalue weighted by Crippen LogP contribution is 2.38. The lowest BCUT2D eigenvalue weighted by Gasteiger charge is -2.34. The number of nitrogens with one attached hydrogen (secondary N) is 1. The number of rotatable bonds is 7. The molecule has 1 aliphatic rings. The van der Waals surface area contributed by atoms with Gasteiger partial charge >= 0.3 is 0 Å². The largest absolute Gasteiger partial charge is 0.497 e. The van der Waals surface area contributed by atoms with Gasteiger partial charge in [-0.2, -0.15) is 0 Å². The molecule has 0 unspecified atom stereocenters. The van der Waals surface area contributed by atoms with Gasteiger partial charge in [-0.05, 0) is 54.6 Å². The summed E-state index contributed by atoms with van der Waals surface area (Å²) in [5, 5.41) is 11.0. The molecule has 0 spiro atoms. The van der Waals surface area contributed by atoms with Crippen molar-refractivity contribution in [3.05, 3.63) is 48.0 Å². The minimum absolute atomic E-state index is 0.0845. The van der Waals surface area contributed by atoms with E-state index in [-0.39, 0.29) is 11.4 Å². The van der Waals surface area contributed by atoms with E-state index in [4.69, 9.17) is 9.47 Å². The summed E-state index contributed by atoms with van der Waals surface area (Å²) in [5.41, 5.74) is 1.25. The number of thioether (sulfide) groups is 1. The number of benzene rings is 2. The summed E-state index contributed by atoms with van der Waals surface area (Å²) in [7, 11) is -2.46. The van der Waals surface area contributed by atoms with Crippen LogP contribution in [0.25, 0.3) is 0 Å². The van der Waals surface area contributed by atoms with E-state index < -0.39 is 22.0 Å². The van der Waals surface area contributed by atoms with Gasteiger partial charge in [-0.3, -0.25) is 14.4 Å². The van der Waals surface area contributed by atoms with Crippen molar-refractivity contribution in [3.63, 3.8) is 0 Å². The van der Waals surface area contributed by atoms with Gasteiger partial charge in [-0.15, -0.1) is 10.2 Å². The van der Waals surface area contributed by atoms with Crippen LogP contribution in [0.15, 0.2) is 51.7 Å². The molecule has 0 fully saturated rings. The molecule has 12 heteroatoms. The molecule has 0 bridgehead atoms. The van der Waals surface area contributed by atoms with Gasteiger partial charge in [0.05, 0.1) is 24.2 Å². The summed E-state index contributed by atoms with van der Waals surface area (Å²) in [5.74, 6) is 1.20. The van der Waals surface area contributed by atoms with Crippen LogP contribution < -0.4 is 19.1 Å². The van der Waals surface area contributed by atoms with Crippen molar-refractivity contribution in [2.24, 2.45) is 0 Å². The van der Waals surface area contributed by atoms with Crippen LogP contribution in [0, 0.1) is 6.92 Å². The normalized spacial score (nSPS) is 15.5. The van der Waals surface area contributed by atoms with Crippen LogP contribution in [0.2, 0.25) is 0 Å². The molecule has 1 amide bonds. The molecule has 0 radical (unpaired) electrons. The summed E-state index contributed by atoms with van der Waals surface area (Å²) < 4.78 is 40.0. The van der Waals surface area contributed by atoms with Crippen molar-refractivity contribution in [2.45, 2.75) is 29.2 Å². The summed E-state index contributed by atoms with van der Waals surface area (Å²) in [6.45, 7) is 3.67. The Hall–Kier alpha value is -2.83. The predicted octanol–water partition coefficient (Wildman–Crippen LogP) is 3.56. The Morgan fingerprint density at radius 3 is 2.73 bits per heavy atom. The maximum atomic E-state index is 13.5. The zero-order valence-electron chi connectivity index (χ0n) is 18.1. The van der Waals surface area contributed by atoms with Crippen molar-refractivity contribution < 1.29 is 22.7 Å². The Bertz CT molecular complexity index is 1260. The lowest BCUT2D eigenvalue weighted by atomic mass is 10.1. The molecule has 4 rings (SSSR count). The van der Waals surface area contributed by atoms with Crippen LogP contribution in [0.5, 0.6) is 11.5 Å². The van der Waals surface area contributed by atoms with E-state index in [1.807, 2.05) is 13.8 Å². The van der Waals surface area contributed by atoms with E-state index in [1.54, 1.807) is 30.3 Å². The van der Waals surface area contributed by atoms with Gasteiger partial charge in [0.1, 0.15) is 11.5 Å². The lowest BCUT2D eigenvalue weighted by Crippen LogP contribution is -2.48. The highest BCUT2D eigenvalue weighted by Gasteiger charge is 2.38. The molecule has 174 valence electrons. The first-order valence-corrected chi connectivity index (χ1v) is 13.3.